The van der Waals surface area contributed by atoms with Crippen LogP contribution in [0.25, 0.3) is 6.08 Å². The Balaban J connectivity index is 1.50. The van der Waals surface area contributed by atoms with Crippen molar-refractivity contribution < 1.29 is 32.7 Å². The fraction of sp³-hybridized carbons (Fsp3) is 0.111. The Morgan fingerprint density at radius 3 is 2.33 bits per heavy atom. The van der Waals surface area contributed by atoms with E-state index in [0.29, 0.717) is 11.3 Å². The number of alkyl halides is 3. The lowest BCUT2D eigenvalue weighted by atomic mass is 10.1. The number of fused-ring (bicyclic) bond motifs is 1. The van der Waals surface area contributed by atoms with Crippen LogP contribution in [-0.4, -0.2) is 27.9 Å². The Kier molecular flexibility index (Phi) is 6.43. The lowest BCUT2D eigenvalue weighted by molar-refractivity contribution is -0.137. The van der Waals surface area contributed by atoms with Crippen molar-refractivity contribution in [2.75, 3.05) is 10.3 Å². The second kappa shape index (κ2) is 9.62. The van der Waals surface area contributed by atoms with Gasteiger partial charge in [-0.25, -0.2) is 0 Å². The standard InChI is InChI=1S/C27H19F3N4O4S/c1-13-7-14(2)9-17(8-13)34-20-12-16(27(28,29)30)4-5-18(20)23(25(34)37)33-32-19-6-3-15(10-21(19)35)11-22-24(36)31-26(38)39-22/h3-12,32,35H,1-2H3,(H,31,36,38). The number of anilines is 3. The number of aromatic hydroxyl groups is 1. The molecule has 3 N–H and O–H groups in total. The summed E-state index contributed by atoms with van der Waals surface area (Å²) >= 11 is 0.732. The molecular formula is C27H19F3N4O4S. The predicted octanol–water partition coefficient (Wildman–Crippen LogP) is 5.85. The maximum atomic E-state index is 13.5. The Morgan fingerprint density at radius 1 is 1.00 bits per heavy atom. The van der Waals surface area contributed by atoms with E-state index in [2.05, 4.69) is 15.8 Å². The molecule has 12 heteroatoms. The van der Waals surface area contributed by atoms with Crippen LogP contribution in [0.4, 0.5) is 35.0 Å². The third-order valence-electron chi connectivity index (χ3n) is 5.94. The number of hydrogen-bond acceptors (Lipinski definition) is 7. The number of aryl methyl sites for hydroxylation is 2. The number of rotatable bonds is 4. The topological polar surface area (TPSA) is 111 Å². The molecule has 3 aromatic rings. The fourth-order valence-electron chi connectivity index (χ4n) is 4.29. The van der Waals surface area contributed by atoms with Crippen molar-refractivity contribution in [1.29, 1.82) is 0 Å². The van der Waals surface area contributed by atoms with Crippen LogP contribution in [0.2, 0.25) is 0 Å². The molecule has 0 saturated carbocycles. The molecule has 1 fully saturated rings. The first-order valence-electron chi connectivity index (χ1n) is 11.5. The van der Waals surface area contributed by atoms with Crippen molar-refractivity contribution in [1.82, 2.24) is 5.32 Å². The van der Waals surface area contributed by atoms with Crippen LogP contribution in [0.15, 0.2) is 64.6 Å². The minimum atomic E-state index is -4.61. The first-order chi connectivity index (χ1) is 18.4. The van der Waals surface area contributed by atoms with E-state index in [-0.39, 0.29) is 33.3 Å². The number of benzene rings is 3. The van der Waals surface area contributed by atoms with Crippen molar-refractivity contribution in [2.45, 2.75) is 20.0 Å². The van der Waals surface area contributed by atoms with Gasteiger partial charge >= 0.3 is 6.18 Å². The van der Waals surface area contributed by atoms with Gasteiger partial charge in [-0.05, 0) is 90.8 Å². The molecule has 0 atom stereocenters. The summed E-state index contributed by atoms with van der Waals surface area (Å²) in [5, 5.41) is 16.3. The average molecular weight is 553 g/mol. The largest absolute Gasteiger partial charge is 0.506 e. The highest BCUT2D eigenvalue weighted by atomic mass is 32.2. The summed E-state index contributed by atoms with van der Waals surface area (Å²) in [5.74, 6) is -1.46. The minimum Gasteiger partial charge on any atom is -0.506 e. The molecule has 198 valence electrons. The molecule has 2 aliphatic rings. The zero-order valence-corrected chi connectivity index (χ0v) is 21.2. The normalized spacial score (nSPS) is 17.3. The van der Waals surface area contributed by atoms with Crippen molar-refractivity contribution in [3.8, 4) is 5.75 Å². The molecule has 1 saturated heterocycles. The Morgan fingerprint density at radius 2 is 1.72 bits per heavy atom. The number of imide groups is 1. The van der Waals surface area contributed by atoms with Crippen LogP contribution >= 0.6 is 11.8 Å². The van der Waals surface area contributed by atoms with Crippen molar-refractivity contribution in [3.63, 3.8) is 0 Å². The van der Waals surface area contributed by atoms with Gasteiger partial charge in [0.15, 0.2) is 5.71 Å². The summed E-state index contributed by atoms with van der Waals surface area (Å²) in [4.78, 5) is 37.9. The van der Waals surface area contributed by atoms with Gasteiger partial charge in [-0.2, -0.15) is 18.3 Å². The molecule has 0 spiro atoms. The smallest absolute Gasteiger partial charge is 0.416 e. The lowest BCUT2D eigenvalue weighted by Crippen LogP contribution is -2.26. The molecular weight excluding hydrogens is 533 g/mol. The molecule has 5 rings (SSSR count). The number of carbonyl (C=O) groups excluding carboxylic acids is 3. The number of phenolic OH excluding ortho intramolecular Hbond substituents is 1. The maximum absolute atomic E-state index is 13.5. The lowest BCUT2D eigenvalue weighted by Gasteiger charge is -2.19. The molecule has 8 nitrogen and oxygen atoms in total. The summed E-state index contributed by atoms with van der Waals surface area (Å²) in [6.07, 6.45) is -3.19. The summed E-state index contributed by atoms with van der Waals surface area (Å²) < 4.78 is 40.5. The van der Waals surface area contributed by atoms with Crippen LogP contribution < -0.4 is 15.6 Å². The van der Waals surface area contributed by atoms with Gasteiger partial charge in [0.25, 0.3) is 17.1 Å². The van der Waals surface area contributed by atoms with Gasteiger partial charge in [-0.3, -0.25) is 30.0 Å². The molecule has 0 aliphatic carbocycles. The first kappa shape index (κ1) is 26.0. The zero-order chi connectivity index (χ0) is 28.1. The zero-order valence-electron chi connectivity index (χ0n) is 20.4. The highest BCUT2D eigenvalue weighted by molar-refractivity contribution is 8.18. The van der Waals surface area contributed by atoms with Crippen LogP contribution in [-0.2, 0) is 15.8 Å². The molecule has 39 heavy (non-hydrogen) atoms. The van der Waals surface area contributed by atoms with Gasteiger partial charge in [-0.1, -0.05) is 12.1 Å². The van der Waals surface area contributed by atoms with Gasteiger partial charge in [0.2, 0.25) is 0 Å². The molecule has 0 aromatic heterocycles. The highest BCUT2D eigenvalue weighted by Crippen LogP contribution is 2.41. The minimum absolute atomic E-state index is 0.0356. The van der Waals surface area contributed by atoms with Crippen LogP contribution in [0, 0.1) is 13.8 Å². The van der Waals surface area contributed by atoms with Gasteiger partial charge in [0.1, 0.15) is 5.75 Å². The van der Waals surface area contributed by atoms with E-state index < -0.39 is 28.8 Å². The number of halogens is 3. The second-order valence-electron chi connectivity index (χ2n) is 8.92. The first-order valence-corrected chi connectivity index (χ1v) is 12.3. The molecule has 3 amide bonds. The summed E-state index contributed by atoms with van der Waals surface area (Å²) in [5.41, 5.74) is 4.38. The van der Waals surface area contributed by atoms with Crippen LogP contribution in [0.3, 0.4) is 0 Å². The monoisotopic (exact) mass is 552 g/mol. The van der Waals surface area contributed by atoms with Crippen molar-refractivity contribution in [3.05, 3.63) is 87.3 Å². The molecule has 2 aliphatic heterocycles. The highest BCUT2D eigenvalue weighted by Gasteiger charge is 2.39. The average Bonchev–Trinajstić information content (AvgIpc) is 3.30. The summed E-state index contributed by atoms with van der Waals surface area (Å²) in [6, 6.07) is 12.6. The maximum Gasteiger partial charge on any atom is 0.416 e. The Hall–Kier alpha value is -4.58. The van der Waals surface area contributed by atoms with E-state index in [1.165, 1.54) is 29.2 Å². The van der Waals surface area contributed by atoms with Crippen molar-refractivity contribution >= 4 is 57.7 Å². The molecule has 3 aromatic carbocycles. The number of nitrogens with one attached hydrogen (secondary N) is 2. The number of hydrogen-bond donors (Lipinski definition) is 3. The van der Waals surface area contributed by atoms with E-state index in [4.69, 9.17) is 0 Å². The van der Waals surface area contributed by atoms with E-state index in [0.717, 1.165) is 35.0 Å². The van der Waals surface area contributed by atoms with Crippen LogP contribution in [0.5, 0.6) is 5.75 Å². The van der Waals surface area contributed by atoms with Crippen molar-refractivity contribution in [2.24, 2.45) is 5.10 Å². The number of nitrogens with zero attached hydrogens (tertiary/aromatic N) is 2. The van der Waals surface area contributed by atoms with Gasteiger partial charge in [0, 0.05) is 11.3 Å². The molecule has 0 unspecified atom stereocenters. The van der Waals surface area contributed by atoms with E-state index in [9.17, 15) is 32.7 Å². The summed E-state index contributed by atoms with van der Waals surface area (Å²) in [6.45, 7) is 3.64. The van der Waals surface area contributed by atoms with Crippen LogP contribution in [0.1, 0.15) is 27.8 Å². The molecule has 0 radical (unpaired) electrons. The van der Waals surface area contributed by atoms with Gasteiger partial charge < -0.3 is 5.11 Å². The SMILES string of the molecule is Cc1cc(C)cc(N2C(=O)C(=NNc3ccc(C=C4SC(=O)NC4=O)cc3O)c3ccc(C(F)(F)F)cc32)c1. The Bertz CT molecular complexity index is 1610. The number of carbonyl (C=O) groups is 3. The quantitative estimate of drug-likeness (QED) is 0.213. The predicted molar refractivity (Wildman–Crippen MR) is 142 cm³/mol. The third-order valence-corrected chi connectivity index (χ3v) is 6.75. The van der Waals surface area contributed by atoms with Gasteiger partial charge in [-0.15, -0.1) is 0 Å². The number of amides is 3. The van der Waals surface area contributed by atoms with E-state index >= 15 is 0 Å². The summed E-state index contributed by atoms with van der Waals surface area (Å²) in [7, 11) is 0. The molecule has 0 bridgehead atoms. The second-order valence-corrected chi connectivity index (χ2v) is 9.93. The third kappa shape index (κ3) is 5.10. The molecule has 2 heterocycles. The number of hydrazone groups is 1. The Labute approximate surface area is 224 Å². The van der Waals surface area contributed by atoms with E-state index in [1.807, 2.05) is 19.9 Å². The van der Waals surface area contributed by atoms with Gasteiger partial charge in [0.05, 0.1) is 21.8 Å². The number of thioether (sulfide) groups is 1. The fourth-order valence-corrected chi connectivity index (χ4v) is 4.97. The number of phenols is 1. The van der Waals surface area contributed by atoms with E-state index in [1.54, 1.807) is 18.2 Å².